The number of carbonyl (C=O) groups is 1. The van der Waals surface area contributed by atoms with Crippen LogP contribution in [0.3, 0.4) is 0 Å². The van der Waals surface area contributed by atoms with Gasteiger partial charge < -0.3 is 15.0 Å². The average Bonchev–Trinajstić information content (AvgIpc) is 3.22. The molecule has 1 unspecified atom stereocenters. The van der Waals surface area contributed by atoms with Crippen molar-refractivity contribution in [1.82, 2.24) is 4.90 Å². The van der Waals surface area contributed by atoms with Crippen molar-refractivity contribution in [3.63, 3.8) is 0 Å². The number of ether oxygens (including phenoxy) is 1. The van der Waals surface area contributed by atoms with E-state index in [1.807, 2.05) is 24.3 Å². The summed E-state index contributed by atoms with van der Waals surface area (Å²) in [5.41, 5.74) is 1.62. The standard InChI is InChI=1S/C15H22N2O2/c1-17(2)15(18)12-6-4-5-7-13(12)16-14(10-19-3)11-8-9-11/h4-7,11,14,16H,8-10H2,1-3H3. The fraction of sp³-hybridized carbons (Fsp3) is 0.533. The number of nitrogens with zero attached hydrogens (tertiary/aromatic N) is 1. The van der Waals surface area contributed by atoms with Crippen molar-refractivity contribution in [3.8, 4) is 0 Å². The predicted octanol–water partition coefficient (Wildman–Crippen LogP) is 2.23. The number of para-hydroxylation sites is 1. The molecule has 1 fully saturated rings. The van der Waals surface area contributed by atoms with E-state index in [-0.39, 0.29) is 5.91 Å². The molecule has 1 aliphatic carbocycles. The molecule has 0 aromatic heterocycles. The summed E-state index contributed by atoms with van der Waals surface area (Å²) in [4.78, 5) is 13.7. The van der Waals surface area contributed by atoms with Gasteiger partial charge in [0, 0.05) is 26.9 Å². The lowest BCUT2D eigenvalue weighted by atomic mass is 10.1. The number of carbonyl (C=O) groups excluding carboxylic acids is 1. The first-order valence-electron chi connectivity index (χ1n) is 6.69. The molecule has 0 aliphatic heterocycles. The van der Waals surface area contributed by atoms with Gasteiger partial charge in [0.1, 0.15) is 0 Å². The first-order valence-corrected chi connectivity index (χ1v) is 6.69. The molecule has 104 valence electrons. The summed E-state index contributed by atoms with van der Waals surface area (Å²) in [6.45, 7) is 0.676. The summed E-state index contributed by atoms with van der Waals surface area (Å²) in [6, 6.07) is 7.96. The molecular formula is C15H22N2O2. The average molecular weight is 262 g/mol. The van der Waals surface area contributed by atoms with Crippen molar-refractivity contribution in [1.29, 1.82) is 0 Å². The number of hydrogen-bond acceptors (Lipinski definition) is 3. The van der Waals surface area contributed by atoms with Crippen LogP contribution in [0.4, 0.5) is 5.69 Å². The second-order valence-electron chi connectivity index (χ2n) is 5.29. The van der Waals surface area contributed by atoms with Crippen LogP contribution >= 0.6 is 0 Å². The highest BCUT2D eigenvalue weighted by atomic mass is 16.5. The fourth-order valence-corrected chi connectivity index (χ4v) is 2.21. The third-order valence-corrected chi connectivity index (χ3v) is 3.44. The van der Waals surface area contributed by atoms with Crippen LogP contribution in [0.15, 0.2) is 24.3 Å². The molecule has 4 heteroatoms. The minimum atomic E-state index is 0.0232. The molecule has 1 saturated carbocycles. The molecule has 1 aromatic rings. The SMILES string of the molecule is COCC(Nc1ccccc1C(=O)N(C)C)C1CC1. The first-order chi connectivity index (χ1) is 9.13. The van der Waals surface area contributed by atoms with Crippen molar-refractivity contribution in [2.75, 3.05) is 33.1 Å². The Morgan fingerprint density at radius 1 is 1.42 bits per heavy atom. The zero-order valence-corrected chi connectivity index (χ0v) is 11.8. The van der Waals surface area contributed by atoms with Gasteiger partial charge in [-0.3, -0.25) is 4.79 Å². The largest absolute Gasteiger partial charge is 0.383 e. The Bertz CT molecular complexity index is 442. The highest BCUT2D eigenvalue weighted by Gasteiger charge is 2.31. The van der Waals surface area contributed by atoms with Crippen LogP contribution in [0.2, 0.25) is 0 Å². The molecule has 1 N–H and O–H groups in total. The number of rotatable bonds is 6. The van der Waals surface area contributed by atoms with E-state index in [1.165, 1.54) is 12.8 Å². The van der Waals surface area contributed by atoms with Gasteiger partial charge in [-0.05, 0) is 30.9 Å². The summed E-state index contributed by atoms with van der Waals surface area (Å²) in [6.07, 6.45) is 2.48. The van der Waals surface area contributed by atoms with E-state index in [0.29, 0.717) is 24.1 Å². The van der Waals surface area contributed by atoms with Gasteiger partial charge in [0.25, 0.3) is 5.91 Å². The monoisotopic (exact) mass is 262 g/mol. The minimum absolute atomic E-state index is 0.0232. The molecule has 0 saturated heterocycles. The van der Waals surface area contributed by atoms with E-state index in [1.54, 1.807) is 26.1 Å². The molecule has 1 aliphatic rings. The molecule has 0 spiro atoms. The van der Waals surface area contributed by atoms with Gasteiger partial charge in [0.15, 0.2) is 0 Å². The molecule has 0 radical (unpaired) electrons. The summed E-state index contributed by atoms with van der Waals surface area (Å²) < 4.78 is 5.27. The molecule has 4 nitrogen and oxygen atoms in total. The Morgan fingerprint density at radius 3 is 2.68 bits per heavy atom. The Balaban J connectivity index is 2.16. The van der Waals surface area contributed by atoms with Gasteiger partial charge in [-0.1, -0.05) is 12.1 Å². The smallest absolute Gasteiger partial charge is 0.255 e. The second kappa shape index (κ2) is 6.06. The van der Waals surface area contributed by atoms with Crippen molar-refractivity contribution in [3.05, 3.63) is 29.8 Å². The van der Waals surface area contributed by atoms with E-state index in [4.69, 9.17) is 4.74 Å². The van der Waals surface area contributed by atoms with E-state index in [2.05, 4.69) is 5.32 Å². The van der Waals surface area contributed by atoms with Gasteiger partial charge in [-0.25, -0.2) is 0 Å². The van der Waals surface area contributed by atoms with E-state index in [0.717, 1.165) is 5.69 Å². The predicted molar refractivity (Wildman–Crippen MR) is 76.5 cm³/mol. The van der Waals surface area contributed by atoms with Crippen molar-refractivity contribution in [2.24, 2.45) is 5.92 Å². The summed E-state index contributed by atoms with van der Waals surface area (Å²) in [7, 11) is 5.26. The number of anilines is 1. The van der Waals surface area contributed by atoms with Crippen LogP contribution in [0, 0.1) is 5.92 Å². The quantitative estimate of drug-likeness (QED) is 0.854. The van der Waals surface area contributed by atoms with Gasteiger partial charge in [0.05, 0.1) is 18.2 Å². The topological polar surface area (TPSA) is 41.6 Å². The molecule has 1 atom stereocenters. The number of nitrogens with one attached hydrogen (secondary N) is 1. The van der Waals surface area contributed by atoms with E-state index < -0.39 is 0 Å². The molecule has 19 heavy (non-hydrogen) atoms. The lowest BCUT2D eigenvalue weighted by Gasteiger charge is -2.21. The Hall–Kier alpha value is -1.55. The molecule has 0 heterocycles. The van der Waals surface area contributed by atoms with Crippen molar-refractivity contribution >= 4 is 11.6 Å². The second-order valence-corrected chi connectivity index (χ2v) is 5.29. The summed E-state index contributed by atoms with van der Waals surface area (Å²) >= 11 is 0. The number of hydrogen-bond donors (Lipinski definition) is 1. The molecule has 1 aromatic carbocycles. The lowest BCUT2D eigenvalue weighted by molar-refractivity contribution is 0.0828. The Kier molecular flexibility index (Phi) is 4.43. The summed E-state index contributed by atoms with van der Waals surface area (Å²) in [5, 5.41) is 3.47. The number of amides is 1. The Morgan fingerprint density at radius 2 is 2.11 bits per heavy atom. The fourth-order valence-electron chi connectivity index (χ4n) is 2.21. The van der Waals surface area contributed by atoms with Crippen LogP contribution in [-0.4, -0.2) is 44.7 Å². The highest BCUT2D eigenvalue weighted by Crippen LogP contribution is 2.35. The third kappa shape index (κ3) is 3.47. The number of benzene rings is 1. The van der Waals surface area contributed by atoms with Crippen molar-refractivity contribution in [2.45, 2.75) is 18.9 Å². The van der Waals surface area contributed by atoms with E-state index >= 15 is 0 Å². The van der Waals surface area contributed by atoms with Crippen LogP contribution in [0.1, 0.15) is 23.2 Å². The lowest BCUT2D eigenvalue weighted by Crippen LogP contribution is -2.29. The number of methoxy groups -OCH3 is 1. The summed E-state index contributed by atoms with van der Waals surface area (Å²) in [5.74, 6) is 0.692. The maximum atomic E-state index is 12.1. The third-order valence-electron chi connectivity index (χ3n) is 3.44. The zero-order valence-electron chi connectivity index (χ0n) is 11.8. The van der Waals surface area contributed by atoms with Crippen molar-refractivity contribution < 1.29 is 9.53 Å². The van der Waals surface area contributed by atoms with Crippen LogP contribution < -0.4 is 5.32 Å². The minimum Gasteiger partial charge on any atom is -0.383 e. The van der Waals surface area contributed by atoms with Crippen LogP contribution in [-0.2, 0) is 4.74 Å². The molecule has 0 bridgehead atoms. The van der Waals surface area contributed by atoms with Gasteiger partial charge in [0.2, 0.25) is 0 Å². The van der Waals surface area contributed by atoms with Gasteiger partial charge in [-0.2, -0.15) is 0 Å². The Labute approximate surface area is 114 Å². The van der Waals surface area contributed by atoms with Gasteiger partial charge in [-0.15, -0.1) is 0 Å². The highest BCUT2D eigenvalue weighted by molar-refractivity contribution is 5.99. The molecule has 1 amide bonds. The van der Waals surface area contributed by atoms with Gasteiger partial charge >= 0.3 is 0 Å². The zero-order chi connectivity index (χ0) is 13.8. The van der Waals surface area contributed by atoms with E-state index in [9.17, 15) is 4.79 Å². The normalized spacial score (nSPS) is 15.9. The van der Waals surface area contributed by atoms with Crippen LogP contribution in [0.5, 0.6) is 0 Å². The van der Waals surface area contributed by atoms with Crippen LogP contribution in [0.25, 0.3) is 0 Å². The maximum Gasteiger partial charge on any atom is 0.255 e. The first kappa shape index (κ1) is 13.9. The molecule has 2 rings (SSSR count). The maximum absolute atomic E-state index is 12.1. The molecular weight excluding hydrogens is 240 g/mol.